The van der Waals surface area contributed by atoms with Crippen molar-refractivity contribution in [2.45, 2.75) is 45.5 Å². The summed E-state index contributed by atoms with van der Waals surface area (Å²) < 4.78 is 13.3. The normalized spacial score (nSPS) is 23.7. The summed E-state index contributed by atoms with van der Waals surface area (Å²) in [4.78, 5) is 17.1. The van der Waals surface area contributed by atoms with Gasteiger partial charge in [0, 0.05) is 63.0 Å². The molecule has 0 saturated carbocycles. The molecule has 2 heterocycles. The number of anilines is 1. The van der Waals surface area contributed by atoms with Gasteiger partial charge in [0.15, 0.2) is 6.29 Å². The van der Waals surface area contributed by atoms with Crippen LogP contribution >= 0.6 is 0 Å². The Balaban J connectivity index is 1.30. The summed E-state index contributed by atoms with van der Waals surface area (Å²) >= 11 is 0. The summed E-state index contributed by atoms with van der Waals surface area (Å²) in [5.74, 6) is 0.116. The Labute approximate surface area is 243 Å². The van der Waals surface area contributed by atoms with Crippen LogP contribution in [0.25, 0.3) is 0 Å². The molecule has 218 valence electrons. The number of amides is 2. The lowest BCUT2D eigenvalue weighted by molar-refractivity contribution is -0.276. The van der Waals surface area contributed by atoms with Crippen molar-refractivity contribution < 1.29 is 19.4 Å². The molecule has 2 aliphatic rings. The zero-order valence-electron chi connectivity index (χ0n) is 24.0. The van der Waals surface area contributed by atoms with E-state index in [2.05, 4.69) is 57.7 Å². The fourth-order valence-electron chi connectivity index (χ4n) is 5.65. The van der Waals surface area contributed by atoms with Crippen LogP contribution in [0.1, 0.15) is 48.5 Å². The van der Waals surface area contributed by atoms with Gasteiger partial charge in [-0.1, -0.05) is 73.7 Å². The summed E-state index contributed by atoms with van der Waals surface area (Å²) in [6, 6.07) is 26.1. The van der Waals surface area contributed by atoms with Crippen LogP contribution in [0.15, 0.2) is 78.9 Å². The molecule has 3 aromatic rings. The zero-order chi connectivity index (χ0) is 28.6. The molecule has 4 atom stereocenters. The number of carbonyl (C=O) groups excluding carboxylic acids is 1. The third-order valence-electron chi connectivity index (χ3n) is 8.03. The van der Waals surface area contributed by atoms with Crippen molar-refractivity contribution in [1.82, 2.24) is 15.1 Å². The molecule has 0 bridgehead atoms. The van der Waals surface area contributed by atoms with Gasteiger partial charge >= 0.3 is 6.03 Å². The summed E-state index contributed by atoms with van der Waals surface area (Å²) in [5, 5.41) is 15.2. The standard InChI is InChI=1S/C33H42N4O4/c1-3-34-33(39)35-29-11-7-10-28(20-29)32-40-30(24(2)31(41-32)27-14-12-26(23-38)13-15-27)22-37-18-16-36(17-19-37)21-25-8-5-4-6-9-25/h4-15,20,24,30-32,38H,3,16-19,21-23H2,1-2H3,(H2,34,35,39). The Bertz CT molecular complexity index is 1250. The Morgan fingerprint density at radius 1 is 0.878 bits per heavy atom. The van der Waals surface area contributed by atoms with Gasteiger partial charge in [0.25, 0.3) is 0 Å². The van der Waals surface area contributed by atoms with Gasteiger partial charge < -0.3 is 25.2 Å². The molecular weight excluding hydrogens is 516 g/mol. The number of ether oxygens (including phenoxy) is 2. The number of hydrogen-bond acceptors (Lipinski definition) is 6. The summed E-state index contributed by atoms with van der Waals surface area (Å²) in [6.07, 6.45) is -0.795. The maximum Gasteiger partial charge on any atom is 0.319 e. The van der Waals surface area contributed by atoms with Crippen molar-refractivity contribution in [3.63, 3.8) is 0 Å². The van der Waals surface area contributed by atoms with E-state index in [1.807, 2.05) is 55.5 Å². The van der Waals surface area contributed by atoms with E-state index >= 15 is 0 Å². The first-order valence-corrected chi connectivity index (χ1v) is 14.7. The van der Waals surface area contributed by atoms with E-state index in [0.717, 1.165) is 56.0 Å². The minimum atomic E-state index is -0.575. The molecule has 0 radical (unpaired) electrons. The maximum absolute atomic E-state index is 12.1. The molecule has 8 heteroatoms. The molecule has 2 saturated heterocycles. The van der Waals surface area contributed by atoms with Crippen LogP contribution in [0.5, 0.6) is 0 Å². The van der Waals surface area contributed by atoms with Crippen LogP contribution in [0, 0.1) is 5.92 Å². The SMILES string of the molecule is CCNC(=O)Nc1cccc(C2OC(CN3CCN(Cc4ccccc4)CC3)C(C)C(c3ccc(CO)cc3)O2)c1. The molecule has 41 heavy (non-hydrogen) atoms. The Hall–Kier alpha value is -3.27. The molecule has 5 rings (SSSR count). The number of hydrogen-bond donors (Lipinski definition) is 3. The number of nitrogens with one attached hydrogen (secondary N) is 2. The predicted molar refractivity (Wildman–Crippen MR) is 160 cm³/mol. The maximum atomic E-state index is 12.1. The van der Waals surface area contributed by atoms with E-state index in [-0.39, 0.29) is 30.8 Å². The third-order valence-corrected chi connectivity index (χ3v) is 8.03. The van der Waals surface area contributed by atoms with Crippen LogP contribution < -0.4 is 10.6 Å². The first-order valence-electron chi connectivity index (χ1n) is 14.7. The smallest absolute Gasteiger partial charge is 0.319 e. The number of piperazine rings is 1. The molecular formula is C33H42N4O4. The lowest BCUT2D eigenvalue weighted by atomic mass is 9.90. The second kappa shape index (κ2) is 14.1. The molecule has 2 fully saturated rings. The molecule has 8 nitrogen and oxygen atoms in total. The van der Waals surface area contributed by atoms with Gasteiger partial charge in [-0.2, -0.15) is 0 Å². The van der Waals surface area contributed by atoms with E-state index in [1.165, 1.54) is 5.56 Å². The van der Waals surface area contributed by atoms with E-state index in [4.69, 9.17) is 9.47 Å². The minimum absolute atomic E-state index is 0.0113. The first kappa shape index (κ1) is 29.2. The zero-order valence-corrected chi connectivity index (χ0v) is 24.0. The summed E-state index contributed by atoms with van der Waals surface area (Å²) in [5.41, 5.74) is 4.84. The lowest BCUT2D eigenvalue weighted by Gasteiger charge is -2.44. The van der Waals surface area contributed by atoms with E-state index in [1.54, 1.807) is 0 Å². The molecule has 2 aliphatic heterocycles. The summed E-state index contributed by atoms with van der Waals surface area (Å²) in [7, 11) is 0. The van der Waals surface area contributed by atoms with Crippen LogP contribution in [0.3, 0.4) is 0 Å². The Morgan fingerprint density at radius 3 is 2.32 bits per heavy atom. The average molecular weight is 559 g/mol. The molecule has 2 amide bonds. The van der Waals surface area contributed by atoms with Crippen LogP contribution in [-0.4, -0.2) is 66.3 Å². The highest BCUT2D eigenvalue weighted by atomic mass is 16.7. The fraction of sp³-hybridized carbons (Fsp3) is 0.424. The van der Waals surface area contributed by atoms with Crippen LogP contribution in [-0.2, 0) is 22.6 Å². The number of aliphatic hydroxyl groups excluding tert-OH is 1. The molecule has 4 unspecified atom stereocenters. The minimum Gasteiger partial charge on any atom is -0.392 e. The van der Waals surface area contributed by atoms with Crippen LogP contribution in [0.4, 0.5) is 10.5 Å². The molecule has 3 N–H and O–H groups in total. The highest BCUT2D eigenvalue weighted by Gasteiger charge is 2.39. The van der Waals surface area contributed by atoms with Gasteiger partial charge in [0.05, 0.1) is 18.8 Å². The Morgan fingerprint density at radius 2 is 1.61 bits per heavy atom. The van der Waals surface area contributed by atoms with Crippen LogP contribution in [0.2, 0.25) is 0 Å². The fourth-order valence-corrected chi connectivity index (χ4v) is 5.65. The first-order chi connectivity index (χ1) is 20.0. The van der Waals surface area contributed by atoms with Crippen molar-refractivity contribution in [2.24, 2.45) is 5.92 Å². The van der Waals surface area contributed by atoms with Gasteiger partial charge in [0.1, 0.15) is 0 Å². The van der Waals surface area contributed by atoms with Gasteiger partial charge in [-0.25, -0.2) is 4.79 Å². The monoisotopic (exact) mass is 558 g/mol. The molecule has 0 aromatic heterocycles. The number of nitrogens with zero attached hydrogens (tertiary/aromatic N) is 2. The van der Waals surface area contributed by atoms with Crippen molar-refractivity contribution in [3.05, 3.63) is 101 Å². The molecule has 3 aromatic carbocycles. The topological polar surface area (TPSA) is 86.3 Å². The van der Waals surface area contributed by atoms with E-state index in [0.29, 0.717) is 12.2 Å². The largest absolute Gasteiger partial charge is 0.392 e. The van der Waals surface area contributed by atoms with Crippen molar-refractivity contribution >= 4 is 11.7 Å². The van der Waals surface area contributed by atoms with Crippen molar-refractivity contribution in [2.75, 3.05) is 44.6 Å². The second-order valence-corrected chi connectivity index (χ2v) is 11.0. The molecule has 0 aliphatic carbocycles. The molecule has 0 spiro atoms. The van der Waals surface area contributed by atoms with Crippen molar-refractivity contribution in [1.29, 1.82) is 0 Å². The quantitative estimate of drug-likeness (QED) is 0.345. The average Bonchev–Trinajstić information content (AvgIpc) is 3.00. The van der Waals surface area contributed by atoms with Gasteiger partial charge in [0.2, 0.25) is 0 Å². The third kappa shape index (κ3) is 7.72. The van der Waals surface area contributed by atoms with E-state index in [9.17, 15) is 9.90 Å². The Kier molecular flexibility index (Phi) is 10.0. The van der Waals surface area contributed by atoms with E-state index < -0.39 is 6.29 Å². The number of rotatable bonds is 9. The highest BCUT2D eigenvalue weighted by Crippen LogP contribution is 2.42. The van der Waals surface area contributed by atoms with Gasteiger partial charge in [-0.3, -0.25) is 9.80 Å². The number of aliphatic hydroxyl groups is 1. The van der Waals surface area contributed by atoms with Gasteiger partial charge in [-0.15, -0.1) is 0 Å². The summed E-state index contributed by atoms with van der Waals surface area (Å²) in [6.45, 7) is 10.5. The van der Waals surface area contributed by atoms with Gasteiger partial charge in [-0.05, 0) is 35.7 Å². The van der Waals surface area contributed by atoms with Crippen molar-refractivity contribution in [3.8, 4) is 0 Å². The highest BCUT2D eigenvalue weighted by molar-refractivity contribution is 5.89. The number of carbonyl (C=O) groups is 1. The number of benzene rings is 3. The predicted octanol–water partition coefficient (Wildman–Crippen LogP) is 4.93. The number of urea groups is 1. The lowest BCUT2D eigenvalue weighted by Crippen LogP contribution is -2.51. The second-order valence-electron chi connectivity index (χ2n) is 11.0.